The van der Waals surface area contributed by atoms with Crippen molar-refractivity contribution in [2.75, 3.05) is 5.73 Å². The monoisotopic (exact) mass is 162 g/mol. The molecule has 0 atom stereocenters. The highest BCUT2D eigenvalue weighted by Gasteiger charge is 1.94. The molecule has 0 aliphatic carbocycles. The molecule has 0 aliphatic rings. The maximum absolute atomic E-state index is 7.58. The van der Waals surface area contributed by atoms with Crippen LogP contribution < -0.4 is 5.73 Å². The van der Waals surface area contributed by atoms with Crippen molar-refractivity contribution in [3.63, 3.8) is 0 Å². The first kappa shape index (κ1) is 4.30. The Balaban J connectivity index is 2.59. The molecule has 2 aromatic rings. The van der Waals surface area contributed by atoms with Crippen LogP contribution in [-0.2, 0) is 0 Å². The highest BCUT2D eigenvalue weighted by molar-refractivity contribution is 5.46. The molecule has 1 aromatic heterocycles. The molecule has 0 spiro atoms. The van der Waals surface area contributed by atoms with Gasteiger partial charge in [0.2, 0.25) is 0 Å². The SMILES string of the molecule is [2H]c1nn(-c2cccc(N)c2)c([2H])c1[2H]. The molecule has 3 nitrogen and oxygen atoms in total. The number of anilines is 1. The van der Waals surface area contributed by atoms with Crippen molar-refractivity contribution in [3.05, 3.63) is 42.7 Å². The van der Waals surface area contributed by atoms with Crippen molar-refractivity contribution in [3.8, 4) is 5.69 Å². The fourth-order valence-electron chi connectivity index (χ4n) is 0.957. The van der Waals surface area contributed by atoms with Crippen LogP contribution in [0.2, 0.25) is 0 Å². The van der Waals surface area contributed by atoms with Gasteiger partial charge < -0.3 is 5.73 Å². The summed E-state index contributed by atoms with van der Waals surface area (Å²) in [5.74, 6) is 0. The third-order valence-electron chi connectivity index (χ3n) is 1.48. The number of hydrogen-bond acceptors (Lipinski definition) is 2. The minimum absolute atomic E-state index is 0.106. The minimum Gasteiger partial charge on any atom is -0.399 e. The topological polar surface area (TPSA) is 43.8 Å². The lowest BCUT2D eigenvalue weighted by atomic mass is 10.3. The Morgan fingerprint density at radius 2 is 2.42 bits per heavy atom. The van der Waals surface area contributed by atoms with Gasteiger partial charge in [0.1, 0.15) is 0 Å². The Labute approximate surface area is 74.7 Å². The average Bonchev–Trinajstić information content (AvgIpc) is 2.46. The molecule has 1 aromatic carbocycles. The van der Waals surface area contributed by atoms with Crippen molar-refractivity contribution >= 4 is 5.69 Å². The van der Waals surface area contributed by atoms with E-state index in [0.717, 1.165) is 0 Å². The van der Waals surface area contributed by atoms with Gasteiger partial charge in [-0.25, -0.2) is 4.68 Å². The summed E-state index contributed by atoms with van der Waals surface area (Å²) in [5.41, 5.74) is 6.74. The molecule has 2 rings (SSSR count). The van der Waals surface area contributed by atoms with E-state index < -0.39 is 0 Å². The molecule has 2 N–H and O–H groups in total. The van der Waals surface area contributed by atoms with E-state index in [9.17, 15) is 0 Å². The second-order valence-electron chi connectivity index (χ2n) is 2.36. The predicted molar refractivity (Wildman–Crippen MR) is 48.0 cm³/mol. The summed E-state index contributed by atoms with van der Waals surface area (Å²) in [6, 6.07) is 6.64. The van der Waals surface area contributed by atoms with Crippen LogP contribution >= 0.6 is 0 Å². The molecule has 0 amide bonds. The number of nitrogens with zero attached hydrogens (tertiary/aromatic N) is 2. The molecule has 0 radical (unpaired) electrons. The molecule has 0 saturated carbocycles. The largest absolute Gasteiger partial charge is 0.399 e. The highest BCUT2D eigenvalue weighted by Crippen LogP contribution is 2.09. The number of rotatable bonds is 1. The smallest absolute Gasteiger partial charge is 0.0860 e. The third kappa shape index (κ3) is 1.16. The molecule has 60 valence electrons. The van der Waals surface area contributed by atoms with E-state index in [0.29, 0.717) is 11.4 Å². The second kappa shape index (κ2) is 2.70. The molecular weight excluding hydrogens is 150 g/mol. The van der Waals surface area contributed by atoms with Crippen LogP contribution in [0.25, 0.3) is 5.69 Å². The lowest BCUT2D eigenvalue weighted by Gasteiger charge is -2.00. The molecule has 0 saturated heterocycles. The van der Waals surface area contributed by atoms with Crippen molar-refractivity contribution in [2.45, 2.75) is 0 Å². The summed E-state index contributed by atoms with van der Waals surface area (Å²) in [5, 5.41) is 3.77. The van der Waals surface area contributed by atoms with Crippen LogP contribution in [0.3, 0.4) is 0 Å². The summed E-state index contributed by atoms with van der Waals surface area (Å²) in [7, 11) is 0. The van der Waals surface area contributed by atoms with Gasteiger partial charge in [0, 0.05) is 18.0 Å². The molecule has 0 unspecified atom stereocenters. The molecular formula is C9H9N3. The van der Waals surface area contributed by atoms with Crippen LogP contribution in [0, 0.1) is 0 Å². The fourth-order valence-corrected chi connectivity index (χ4v) is 0.957. The zero-order valence-corrected chi connectivity index (χ0v) is 6.28. The zero-order valence-electron chi connectivity index (χ0n) is 9.28. The molecule has 1 heterocycles. The molecule has 0 aliphatic heterocycles. The first-order chi connectivity index (χ1) is 7.09. The lowest BCUT2D eigenvalue weighted by molar-refractivity contribution is 0.881. The van der Waals surface area contributed by atoms with Crippen molar-refractivity contribution in [2.24, 2.45) is 0 Å². The van der Waals surface area contributed by atoms with Crippen molar-refractivity contribution in [1.82, 2.24) is 9.78 Å². The van der Waals surface area contributed by atoms with Crippen LogP contribution in [-0.4, -0.2) is 9.78 Å². The minimum atomic E-state index is -0.206. The van der Waals surface area contributed by atoms with Gasteiger partial charge in [-0.2, -0.15) is 5.10 Å². The van der Waals surface area contributed by atoms with E-state index in [1.54, 1.807) is 24.3 Å². The van der Waals surface area contributed by atoms with Gasteiger partial charge in [-0.15, -0.1) is 0 Å². The average molecular weight is 162 g/mol. The van der Waals surface area contributed by atoms with Gasteiger partial charge in [0.25, 0.3) is 0 Å². The summed E-state index contributed by atoms with van der Waals surface area (Å²) < 4.78 is 23.5. The van der Waals surface area contributed by atoms with Crippen LogP contribution in [0.4, 0.5) is 5.69 Å². The number of aromatic nitrogens is 2. The van der Waals surface area contributed by atoms with Gasteiger partial charge in [0.05, 0.1) is 9.80 Å². The Bertz CT molecular complexity index is 507. The standard InChI is InChI=1S/C9H9N3/c10-8-3-1-4-9(7-8)12-6-2-5-11-12/h1-7H,10H2/i2D,5D,6D. The van der Waals surface area contributed by atoms with E-state index in [-0.39, 0.29) is 18.4 Å². The Morgan fingerprint density at radius 3 is 3.08 bits per heavy atom. The Hall–Kier alpha value is -1.77. The van der Waals surface area contributed by atoms with Gasteiger partial charge in [-0.05, 0) is 24.2 Å². The van der Waals surface area contributed by atoms with Crippen molar-refractivity contribution < 1.29 is 4.11 Å². The van der Waals surface area contributed by atoms with Gasteiger partial charge >= 0.3 is 0 Å². The first-order valence-corrected chi connectivity index (χ1v) is 3.48. The Kier molecular flexibility index (Phi) is 0.967. The highest BCUT2D eigenvalue weighted by atomic mass is 15.3. The van der Waals surface area contributed by atoms with E-state index in [1.807, 2.05) is 0 Å². The third-order valence-corrected chi connectivity index (χ3v) is 1.48. The van der Waals surface area contributed by atoms with E-state index in [4.69, 9.17) is 9.85 Å². The molecule has 0 bridgehead atoms. The molecule has 3 heteroatoms. The lowest BCUT2D eigenvalue weighted by Crippen LogP contribution is -1.94. The number of hydrogen-bond donors (Lipinski definition) is 1. The number of benzene rings is 1. The maximum Gasteiger partial charge on any atom is 0.0860 e. The normalized spacial score (nSPS) is 13.5. The summed E-state index contributed by atoms with van der Waals surface area (Å²) in [4.78, 5) is 0. The summed E-state index contributed by atoms with van der Waals surface area (Å²) in [6.45, 7) is 0. The first-order valence-electron chi connectivity index (χ1n) is 4.98. The van der Waals surface area contributed by atoms with E-state index in [1.165, 1.54) is 4.68 Å². The fraction of sp³-hybridized carbons (Fsp3) is 0. The second-order valence-corrected chi connectivity index (χ2v) is 2.36. The van der Waals surface area contributed by atoms with Crippen LogP contribution in [0.5, 0.6) is 0 Å². The van der Waals surface area contributed by atoms with Gasteiger partial charge in [-0.3, -0.25) is 0 Å². The summed E-state index contributed by atoms with van der Waals surface area (Å²) >= 11 is 0. The van der Waals surface area contributed by atoms with E-state index >= 15 is 0 Å². The van der Waals surface area contributed by atoms with Crippen molar-refractivity contribution in [1.29, 1.82) is 0 Å². The zero-order chi connectivity index (χ0) is 11.0. The number of nitrogens with two attached hydrogens (primary N) is 1. The Morgan fingerprint density at radius 1 is 1.50 bits per heavy atom. The maximum atomic E-state index is 7.58. The summed E-state index contributed by atoms with van der Waals surface area (Å²) in [6.07, 6.45) is -0.312. The van der Waals surface area contributed by atoms with Crippen LogP contribution in [0.1, 0.15) is 4.11 Å². The number of nitrogen functional groups attached to an aromatic ring is 1. The van der Waals surface area contributed by atoms with Crippen LogP contribution in [0.15, 0.2) is 42.7 Å². The molecule has 12 heavy (non-hydrogen) atoms. The quantitative estimate of drug-likeness (QED) is 0.645. The van der Waals surface area contributed by atoms with Gasteiger partial charge in [0.15, 0.2) is 0 Å². The van der Waals surface area contributed by atoms with Gasteiger partial charge in [-0.1, -0.05) is 6.07 Å². The molecule has 0 fully saturated rings. The van der Waals surface area contributed by atoms with E-state index in [2.05, 4.69) is 5.10 Å². The predicted octanol–water partition coefficient (Wildman–Crippen LogP) is 1.45.